The molecule has 5 nitrogen and oxygen atoms in total. The predicted molar refractivity (Wildman–Crippen MR) is 64.9 cm³/mol. The highest BCUT2D eigenvalue weighted by atomic mass is 19.4. The highest BCUT2D eigenvalue weighted by Gasteiger charge is 2.28. The van der Waals surface area contributed by atoms with Crippen molar-refractivity contribution in [3.05, 3.63) is 5.89 Å². The van der Waals surface area contributed by atoms with Crippen LogP contribution in [0.3, 0.4) is 0 Å². The molecule has 19 heavy (non-hydrogen) atoms. The van der Waals surface area contributed by atoms with Gasteiger partial charge in [-0.15, -0.1) is 5.10 Å². The molecule has 1 N–H and O–H groups in total. The average molecular weight is 280 g/mol. The second-order valence-electron chi connectivity index (χ2n) is 4.39. The van der Waals surface area contributed by atoms with Crippen molar-refractivity contribution in [2.45, 2.75) is 38.9 Å². The number of rotatable bonds is 7. The van der Waals surface area contributed by atoms with Crippen LogP contribution in [0.4, 0.5) is 19.2 Å². The standard InChI is InChI=1S/C11H19F3N4O/c1-4-6-15-8(2)9-16-17-10(19-9)18(3)7-5-11(12,13)14/h8,15H,4-7H2,1-3H3. The summed E-state index contributed by atoms with van der Waals surface area (Å²) in [6.45, 7) is 4.50. The molecule has 0 saturated carbocycles. The van der Waals surface area contributed by atoms with Gasteiger partial charge in [0, 0.05) is 13.6 Å². The molecule has 1 unspecified atom stereocenters. The van der Waals surface area contributed by atoms with Gasteiger partial charge in [0.1, 0.15) is 0 Å². The van der Waals surface area contributed by atoms with E-state index in [1.807, 2.05) is 13.8 Å². The molecular weight excluding hydrogens is 261 g/mol. The SMILES string of the molecule is CCCNC(C)c1nnc(N(C)CCC(F)(F)F)o1. The molecule has 0 aliphatic heterocycles. The van der Waals surface area contributed by atoms with Gasteiger partial charge in [-0.3, -0.25) is 0 Å². The Morgan fingerprint density at radius 3 is 2.63 bits per heavy atom. The summed E-state index contributed by atoms with van der Waals surface area (Å²) >= 11 is 0. The van der Waals surface area contributed by atoms with E-state index in [1.165, 1.54) is 11.9 Å². The number of aromatic nitrogens is 2. The lowest BCUT2D eigenvalue weighted by Gasteiger charge is -2.15. The maximum Gasteiger partial charge on any atom is 0.390 e. The van der Waals surface area contributed by atoms with E-state index in [2.05, 4.69) is 15.5 Å². The van der Waals surface area contributed by atoms with Crippen LogP contribution in [0.25, 0.3) is 0 Å². The van der Waals surface area contributed by atoms with Crippen LogP contribution >= 0.6 is 0 Å². The van der Waals surface area contributed by atoms with E-state index < -0.39 is 12.6 Å². The number of hydrogen-bond acceptors (Lipinski definition) is 5. The normalized spacial score (nSPS) is 13.6. The third-order valence-corrected chi connectivity index (χ3v) is 2.56. The van der Waals surface area contributed by atoms with Crippen LogP contribution in [0.5, 0.6) is 0 Å². The predicted octanol–water partition coefficient (Wildman–Crippen LogP) is 2.52. The second kappa shape index (κ2) is 6.74. The molecule has 0 fully saturated rings. The van der Waals surface area contributed by atoms with Crippen molar-refractivity contribution in [1.29, 1.82) is 0 Å². The Kier molecular flexibility index (Phi) is 5.59. The van der Waals surface area contributed by atoms with Gasteiger partial charge in [-0.1, -0.05) is 12.0 Å². The summed E-state index contributed by atoms with van der Waals surface area (Å²) in [7, 11) is 1.49. The lowest BCUT2D eigenvalue weighted by molar-refractivity contribution is -0.132. The quantitative estimate of drug-likeness (QED) is 0.831. The van der Waals surface area contributed by atoms with Crippen molar-refractivity contribution in [2.24, 2.45) is 0 Å². The van der Waals surface area contributed by atoms with Crippen molar-refractivity contribution in [2.75, 3.05) is 25.0 Å². The number of nitrogens with one attached hydrogen (secondary N) is 1. The minimum absolute atomic E-state index is 0.101. The van der Waals surface area contributed by atoms with E-state index in [4.69, 9.17) is 4.42 Å². The van der Waals surface area contributed by atoms with E-state index in [9.17, 15) is 13.2 Å². The molecule has 110 valence electrons. The van der Waals surface area contributed by atoms with Gasteiger partial charge in [-0.2, -0.15) is 13.2 Å². The summed E-state index contributed by atoms with van der Waals surface area (Å²) in [4.78, 5) is 1.30. The Labute approximate surface area is 110 Å². The topological polar surface area (TPSA) is 54.2 Å². The summed E-state index contributed by atoms with van der Waals surface area (Å²) in [5.74, 6) is 0.377. The summed E-state index contributed by atoms with van der Waals surface area (Å²) in [6.07, 6.45) is -4.13. The zero-order chi connectivity index (χ0) is 14.5. The average Bonchev–Trinajstić information content (AvgIpc) is 2.81. The first-order valence-corrected chi connectivity index (χ1v) is 6.18. The maximum absolute atomic E-state index is 12.1. The van der Waals surface area contributed by atoms with Crippen LogP contribution in [-0.4, -0.2) is 36.5 Å². The van der Waals surface area contributed by atoms with Crippen molar-refractivity contribution >= 4 is 6.01 Å². The van der Waals surface area contributed by atoms with E-state index in [0.717, 1.165) is 13.0 Å². The fourth-order valence-corrected chi connectivity index (χ4v) is 1.39. The maximum atomic E-state index is 12.1. The van der Waals surface area contributed by atoms with Crippen LogP contribution in [0, 0.1) is 0 Å². The van der Waals surface area contributed by atoms with Gasteiger partial charge in [0.25, 0.3) is 0 Å². The van der Waals surface area contributed by atoms with Gasteiger partial charge in [0.05, 0.1) is 12.5 Å². The monoisotopic (exact) mass is 280 g/mol. The Balaban J connectivity index is 2.53. The summed E-state index contributed by atoms with van der Waals surface area (Å²) in [6, 6.07) is -0.0124. The third kappa shape index (κ3) is 5.46. The Bertz CT molecular complexity index is 380. The first-order chi connectivity index (χ1) is 8.83. The highest BCUT2D eigenvalue weighted by Crippen LogP contribution is 2.22. The van der Waals surface area contributed by atoms with Crippen LogP contribution in [-0.2, 0) is 0 Å². The van der Waals surface area contributed by atoms with Crippen LogP contribution < -0.4 is 10.2 Å². The first-order valence-electron chi connectivity index (χ1n) is 6.18. The summed E-state index contributed by atoms with van der Waals surface area (Å²) in [5.41, 5.74) is 0. The molecule has 0 saturated heterocycles. The van der Waals surface area contributed by atoms with Crippen LogP contribution in [0.1, 0.15) is 38.6 Å². The fourth-order valence-electron chi connectivity index (χ4n) is 1.39. The third-order valence-electron chi connectivity index (χ3n) is 2.56. The number of hydrogen-bond donors (Lipinski definition) is 1. The zero-order valence-corrected chi connectivity index (χ0v) is 11.3. The van der Waals surface area contributed by atoms with Gasteiger partial charge in [-0.25, -0.2) is 0 Å². The fraction of sp³-hybridized carbons (Fsp3) is 0.818. The molecule has 0 bridgehead atoms. The van der Waals surface area contributed by atoms with Crippen molar-refractivity contribution in [3.63, 3.8) is 0 Å². The van der Waals surface area contributed by atoms with Gasteiger partial charge in [0.15, 0.2) is 0 Å². The molecule has 8 heteroatoms. The number of nitrogens with zero attached hydrogens (tertiary/aromatic N) is 3. The van der Waals surface area contributed by atoms with E-state index in [-0.39, 0.29) is 18.6 Å². The molecule has 0 aromatic carbocycles. The molecule has 1 aromatic heterocycles. The molecule has 0 aliphatic carbocycles. The van der Waals surface area contributed by atoms with Gasteiger partial charge in [-0.05, 0) is 19.9 Å². The molecule has 1 rings (SSSR count). The van der Waals surface area contributed by atoms with Crippen LogP contribution in [0.15, 0.2) is 4.42 Å². The Morgan fingerprint density at radius 1 is 1.37 bits per heavy atom. The van der Waals surface area contributed by atoms with Gasteiger partial charge < -0.3 is 14.6 Å². The van der Waals surface area contributed by atoms with E-state index in [1.54, 1.807) is 0 Å². The second-order valence-corrected chi connectivity index (χ2v) is 4.39. The Morgan fingerprint density at radius 2 is 2.05 bits per heavy atom. The molecule has 0 aliphatic rings. The first kappa shape index (κ1) is 15.7. The van der Waals surface area contributed by atoms with Crippen molar-refractivity contribution in [1.82, 2.24) is 15.5 Å². The van der Waals surface area contributed by atoms with Gasteiger partial charge in [0.2, 0.25) is 5.89 Å². The molecular formula is C11H19F3N4O. The van der Waals surface area contributed by atoms with Crippen molar-refractivity contribution < 1.29 is 17.6 Å². The minimum atomic E-state index is -4.19. The molecule has 1 atom stereocenters. The number of alkyl halides is 3. The summed E-state index contributed by atoms with van der Waals surface area (Å²) < 4.78 is 41.6. The molecule has 0 radical (unpaired) electrons. The molecule has 1 heterocycles. The van der Waals surface area contributed by atoms with E-state index in [0.29, 0.717) is 5.89 Å². The molecule has 1 aromatic rings. The number of halogens is 3. The largest absolute Gasteiger partial charge is 0.406 e. The molecule has 0 spiro atoms. The lowest BCUT2D eigenvalue weighted by Crippen LogP contribution is -2.24. The molecule has 0 amide bonds. The zero-order valence-electron chi connectivity index (χ0n) is 11.3. The number of anilines is 1. The van der Waals surface area contributed by atoms with Crippen LogP contribution in [0.2, 0.25) is 0 Å². The lowest BCUT2D eigenvalue weighted by atomic mass is 10.3. The highest BCUT2D eigenvalue weighted by molar-refractivity contribution is 5.21. The smallest absolute Gasteiger partial charge is 0.390 e. The summed E-state index contributed by atoms with van der Waals surface area (Å²) in [5, 5.41) is 10.7. The van der Waals surface area contributed by atoms with Crippen molar-refractivity contribution in [3.8, 4) is 0 Å². The van der Waals surface area contributed by atoms with Gasteiger partial charge >= 0.3 is 12.2 Å². The Hall–Kier alpha value is -1.31. The van der Waals surface area contributed by atoms with E-state index >= 15 is 0 Å². The minimum Gasteiger partial charge on any atom is -0.406 e.